The topological polar surface area (TPSA) is 61.9 Å². The van der Waals surface area contributed by atoms with Crippen LogP contribution in [0.25, 0.3) is 0 Å². The summed E-state index contributed by atoms with van der Waals surface area (Å²) in [5, 5.41) is 3.35. The largest absolute Gasteiger partial charge is 0.487 e. The zero-order valence-electron chi connectivity index (χ0n) is 15.4. The third-order valence-corrected chi connectivity index (χ3v) is 7.33. The number of ether oxygens (including phenoxy) is 1. The molecule has 1 unspecified atom stereocenters. The SMILES string of the molecule is CC1(C)Cc2cc(S(=O)(=O)N3CCC(N4CCNCC4)C3)ccc2O1.Cl. The summed E-state index contributed by atoms with van der Waals surface area (Å²) in [5.41, 5.74) is 0.732. The van der Waals surface area contributed by atoms with Gasteiger partial charge < -0.3 is 10.1 Å². The Morgan fingerprint density at radius 3 is 2.65 bits per heavy atom. The Kier molecular flexibility index (Phi) is 5.57. The van der Waals surface area contributed by atoms with Crippen molar-refractivity contribution in [3.05, 3.63) is 23.8 Å². The molecule has 0 amide bonds. The van der Waals surface area contributed by atoms with E-state index in [0.29, 0.717) is 24.0 Å². The van der Waals surface area contributed by atoms with Gasteiger partial charge in [0, 0.05) is 51.7 Å². The second-order valence-corrected chi connectivity index (χ2v) is 9.84. The summed E-state index contributed by atoms with van der Waals surface area (Å²) in [6.45, 7) is 9.25. The van der Waals surface area contributed by atoms with Crippen LogP contribution < -0.4 is 10.1 Å². The maximum Gasteiger partial charge on any atom is 0.243 e. The Morgan fingerprint density at radius 1 is 1.19 bits per heavy atom. The number of rotatable bonds is 3. The van der Waals surface area contributed by atoms with E-state index in [4.69, 9.17) is 4.74 Å². The van der Waals surface area contributed by atoms with Gasteiger partial charge in [0.15, 0.2) is 0 Å². The van der Waals surface area contributed by atoms with E-state index in [2.05, 4.69) is 10.2 Å². The number of hydrogen-bond donors (Lipinski definition) is 1. The predicted molar refractivity (Wildman–Crippen MR) is 104 cm³/mol. The fourth-order valence-corrected chi connectivity index (χ4v) is 5.71. The van der Waals surface area contributed by atoms with Crippen LogP contribution in [0, 0.1) is 0 Å². The van der Waals surface area contributed by atoms with E-state index < -0.39 is 10.0 Å². The van der Waals surface area contributed by atoms with Crippen LogP contribution >= 0.6 is 12.4 Å². The fraction of sp³-hybridized carbons (Fsp3) is 0.667. The third kappa shape index (κ3) is 3.73. The van der Waals surface area contributed by atoms with Crippen molar-refractivity contribution < 1.29 is 13.2 Å². The second-order valence-electron chi connectivity index (χ2n) is 7.90. The van der Waals surface area contributed by atoms with Gasteiger partial charge in [-0.2, -0.15) is 4.31 Å². The first-order valence-electron chi connectivity index (χ1n) is 9.12. The molecule has 6 nitrogen and oxygen atoms in total. The lowest BCUT2D eigenvalue weighted by Crippen LogP contribution is -2.49. The molecule has 3 heterocycles. The molecular formula is C18H28ClN3O3S. The highest BCUT2D eigenvalue weighted by atomic mass is 35.5. The van der Waals surface area contributed by atoms with Gasteiger partial charge in [0.2, 0.25) is 10.0 Å². The van der Waals surface area contributed by atoms with Crippen LogP contribution in [-0.4, -0.2) is 68.5 Å². The smallest absolute Gasteiger partial charge is 0.243 e. The van der Waals surface area contributed by atoms with Crippen LogP contribution in [0.2, 0.25) is 0 Å². The Labute approximate surface area is 162 Å². The van der Waals surface area contributed by atoms with Crippen molar-refractivity contribution in [2.45, 2.75) is 43.2 Å². The number of benzene rings is 1. The van der Waals surface area contributed by atoms with Gasteiger partial charge >= 0.3 is 0 Å². The van der Waals surface area contributed by atoms with E-state index >= 15 is 0 Å². The van der Waals surface area contributed by atoms with Crippen LogP contribution in [0.3, 0.4) is 0 Å². The van der Waals surface area contributed by atoms with Gasteiger partial charge in [0.25, 0.3) is 0 Å². The van der Waals surface area contributed by atoms with Crippen molar-refractivity contribution >= 4 is 22.4 Å². The zero-order chi connectivity index (χ0) is 17.7. The summed E-state index contributed by atoms with van der Waals surface area (Å²) in [4.78, 5) is 2.82. The van der Waals surface area contributed by atoms with Crippen molar-refractivity contribution in [2.75, 3.05) is 39.3 Å². The number of nitrogens with zero attached hydrogens (tertiary/aromatic N) is 2. The lowest BCUT2D eigenvalue weighted by Gasteiger charge is -2.32. The molecule has 0 saturated carbocycles. The van der Waals surface area contributed by atoms with Crippen LogP contribution in [0.5, 0.6) is 5.75 Å². The van der Waals surface area contributed by atoms with Gasteiger partial charge in [-0.25, -0.2) is 8.42 Å². The van der Waals surface area contributed by atoms with Gasteiger partial charge in [-0.3, -0.25) is 4.90 Å². The Balaban J connectivity index is 0.00000196. The highest BCUT2D eigenvalue weighted by Crippen LogP contribution is 2.37. The highest BCUT2D eigenvalue weighted by molar-refractivity contribution is 7.89. The maximum atomic E-state index is 13.1. The number of sulfonamides is 1. The van der Waals surface area contributed by atoms with Crippen molar-refractivity contribution in [3.63, 3.8) is 0 Å². The Bertz CT molecular complexity index is 763. The molecule has 1 N–H and O–H groups in total. The van der Waals surface area contributed by atoms with E-state index in [9.17, 15) is 8.42 Å². The molecule has 0 aromatic heterocycles. The van der Waals surface area contributed by atoms with Crippen LogP contribution in [-0.2, 0) is 16.4 Å². The standard InChI is InChI=1S/C18H27N3O3S.ClH/c1-18(2)12-14-11-16(3-4-17(14)24-18)25(22,23)21-8-5-15(13-21)20-9-6-19-7-10-20;/h3-4,11,15,19H,5-10,12-13H2,1-2H3;1H. The number of fused-ring (bicyclic) bond motifs is 1. The van der Waals surface area contributed by atoms with Crippen molar-refractivity contribution in [1.29, 1.82) is 0 Å². The monoisotopic (exact) mass is 401 g/mol. The molecule has 0 aliphatic carbocycles. The van der Waals surface area contributed by atoms with Gasteiger partial charge in [0.05, 0.1) is 4.90 Å². The molecule has 3 aliphatic rings. The quantitative estimate of drug-likeness (QED) is 0.831. The molecule has 0 spiro atoms. The minimum Gasteiger partial charge on any atom is -0.487 e. The molecule has 2 saturated heterocycles. The molecule has 26 heavy (non-hydrogen) atoms. The zero-order valence-corrected chi connectivity index (χ0v) is 17.0. The van der Waals surface area contributed by atoms with Crippen LogP contribution in [0.15, 0.2) is 23.1 Å². The molecule has 0 radical (unpaired) electrons. The second kappa shape index (κ2) is 7.28. The van der Waals surface area contributed by atoms with Gasteiger partial charge in [-0.1, -0.05) is 0 Å². The molecule has 1 aromatic rings. The van der Waals surface area contributed by atoms with E-state index in [0.717, 1.165) is 50.3 Å². The molecule has 4 rings (SSSR count). The number of halogens is 1. The van der Waals surface area contributed by atoms with Crippen LogP contribution in [0.1, 0.15) is 25.8 Å². The lowest BCUT2D eigenvalue weighted by atomic mass is 10.0. The van der Waals surface area contributed by atoms with Gasteiger partial charge in [-0.05, 0) is 44.0 Å². The Morgan fingerprint density at radius 2 is 1.92 bits per heavy atom. The molecule has 146 valence electrons. The number of nitrogens with one attached hydrogen (secondary N) is 1. The highest BCUT2D eigenvalue weighted by Gasteiger charge is 2.37. The molecule has 1 atom stereocenters. The predicted octanol–water partition coefficient (Wildman–Crippen LogP) is 1.49. The van der Waals surface area contributed by atoms with Crippen molar-refractivity contribution in [3.8, 4) is 5.75 Å². The minimum atomic E-state index is -3.43. The van der Waals surface area contributed by atoms with Crippen LogP contribution in [0.4, 0.5) is 0 Å². The maximum absolute atomic E-state index is 13.1. The number of piperazine rings is 1. The van der Waals surface area contributed by atoms with Gasteiger partial charge in [-0.15, -0.1) is 12.4 Å². The molecule has 2 fully saturated rings. The van der Waals surface area contributed by atoms with Gasteiger partial charge in [0.1, 0.15) is 11.4 Å². The fourth-order valence-electron chi connectivity index (χ4n) is 4.17. The van der Waals surface area contributed by atoms with Crippen molar-refractivity contribution in [2.24, 2.45) is 0 Å². The summed E-state index contributed by atoms with van der Waals surface area (Å²) in [6, 6.07) is 5.64. The molecule has 8 heteroatoms. The summed E-state index contributed by atoms with van der Waals surface area (Å²) < 4.78 is 33.7. The van der Waals surface area contributed by atoms with Crippen molar-refractivity contribution in [1.82, 2.24) is 14.5 Å². The summed E-state index contributed by atoms with van der Waals surface area (Å²) in [6.07, 6.45) is 1.66. The summed E-state index contributed by atoms with van der Waals surface area (Å²) >= 11 is 0. The molecule has 3 aliphatic heterocycles. The molecule has 1 aromatic carbocycles. The molecular weight excluding hydrogens is 374 g/mol. The summed E-state index contributed by atoms with van der Waals surface area (Å²) in [5.74, 6) is 0.809. The van der Waals surface area contributed by atoms with E-state index in [-0.39, 0.29) is 18.0 Å². The van der Waals surface area contributed by atoms with E-state index in [1.165, 1.54) is 0 Å². The first-order valence-corrected chi connectivity index (χ1v) is 10.6. The first-order chi connectivity index (χ1) is 11.9. The third-order valence-electron chi connectivity index (χ3n) is 5.47. The lowest BCUT2D eigenvalue weighted by molar-refractivity contribution is 0.138. The minimum absolute atomic E-state index is 0. The normalized spacial score (nSPS) is 26.2. The summed E-state index contributed by atoms with van der Waals surface area (Å²) in [7, 11) is -3.43. The first kappa shape index (κ1) is 19.9. The average molecular weight is 402 g/mol. The average Bonchev–Trinajstić information content (AvgIpc) is 3.18. The molecule has 0 bridgehead atoms. The van der Waals surface area contributed by atoms with E-state index in [1.807, 2.05) is 13.8 Å². The van der Waals surface area contributed by atoms with E-state index in [1.54, 1.807) is 22.5 Å². The number of hydrogen-bond acceptors (Lipinski definition) is 5. The Hall–Kier alpha value is -0.860.